The average molecular weight is 389 g/mol. The van der Waals surface area contributed by atoms with Crippen LogP contribution in [-0.4, -0.2) is 66.0 Å². The van der Waals surface area contributed by atoms with Crippen molar-refractivity contribution in [3.05, 3.63) is 12.7 Å². The Morgan fingerprint density at radius 2 is 1.44 bits per heavy atom. The molecule has 0 bridgehead atoms. The predicted octanol–water partition coefficient (Wildman–Crippen LogP) is 2.68. The third-order valence-corrected chi connectivity index (χ3v) is 2.69. The van der Waals surface area contributed by atoms with Gasteiger partial charge in [-0.2, -0.15) is 0 Å². The first-order chi connectivity index (χ1) is 12.3. The zero-order valence-electron chi connectivity index (χ0n) is 17.7. The van der Waals surface area contributed by atoms with E-state index in [4.69, 9.17) is 14.6 Å². The van der Waals surface area contributed by atoms with E-state index in [1.165, 1.54) is 7.11 Å². The number of hydrogen-bond acceptors (Lipinski definition) is 7. The van der Waals surface area contributed by atoms with Crippen LogP contribution in [-0.2, 0) is 23.8 Å². The molecule has 1 amide bonds. The maximum Gasteiger partial charge on any atom is 0.410 e. The monoisotopic (exact) mass is 389 g/mol. The number of methoxy groups -OCH3 is 1. The van der Waals surface area contributed by atoms with Gasteiger partial charge in [-0.05, 0) is 54.4 Å². The number of rotatable bonds is 2. The average Bonchev–Trinajstić information content (AvgIpc) is 3.06. The molecule has 0 aromatic rings. The Bertz CT molecular complexity index is 463. The summed E-state index contributed by atoms with van der Waals surface area (Å²) in [6, 6.07) is 0. The SMILES string of the molecule is C=CC(=O)OC(C)(C)C.CC(C)(C)OC(=O)N1CCCC1.COC(=O)CO. The number of aliphatic hydroxyl groups is 1. The van der Waals surface area contributed by atoms with Gasteiger partial charge in [0, 0.05) is 19.2 Å². The van der Waals surface area contributed by atoms with Crippen molar-refractivity contribution in [1.82, 2.24) is 4.90 Å². The largest absolute Gasteiger partial charge is 0.467 e. The molecule has 1 heterocycles. The van der Waals surface area contributed by atoms with Gasteiger partial charge in [0.1, 0.15) is 17.8 Å². The topological polar surface area (TPSA) is 102 Å². The molecule has 0 atom stereocenters. The Morgan fingerprint density at radius 1 is 1.00 bits per heavy atom. The van der Waals surface area contributed by atoms with E-state index in [2.05, 4.69) is 11.3 Å². The minimum atomic E-state index is -0.602. The summed E-state index contributed by atoms with van der Waals surface area (Å²) < 4.78 is 14.0. The Hall–Kier alpha value is -2.09. The molecule has 0 saturated carbocycles. The zero-order valence-corrected chi connectivity index (χ0v) is 17.7. The molecular weight excluding hydrogens is 354 g/mol. The van der Waals surface area contributed by atoms with Crippen LogP contribution in [0.3, 0.4) is 0 Å². The normalized spacial score (nSPS) is 13.3. The molecule has 0 radical (unpaired) electrons. The fourth-order valence-corrected chi connectivity index (χ4v) is 1.63. The molecule has 0 aromatic heterocycles. The van der Waals surface area contributed by atoms with E-state index in [1.807, 2.05) is 41.5 Å². The van der Waals surface area contributed by atoms with Gasteiger partial charge in [0.15, 0.2) is 0 Å². The van der Waals surface area contributed by atoms with Crippen molar-refractivity contribution in [1.29, 1.82) is 0 Å². The molecular formula is C19H35NO7. The Kier molecular flexibility index (Phi) is 13.2. The molecule has 1 N–H and O–H groups in total. The summed E-state index contributed by atoms with van der Waals surface area (Å²) >= 11 is 0. The van der Waals surface area contributed by atoms with E-state index in [-0.39, 0.29) is 17.7 Å². The van der Waals surface area contributed by atoms with Gasteiger partial charge in [-0.1, -0.05) is 6.58 Å². The van der Waals surface area contributed by atoms with E-state index in [1.54, 1.807) is 4.90 Å². The number of nitrogens with zero attached hydrogens (tertiary/aromatic N) is 1. The van der Waals surface area contributed by atoms with Crippen molar-refractivity contribution >= 4 is 18.0 Å². The summed E-state index contributed by atoms with van der Waals surface area (Å²) in [4.78, 5) is 33.3. The Balaban J connectivity index is 0. The molecule has 27 heavy (non-hydrogen) atoms. The number of hydrogen-bond donors (Lipinski definition) is 1. The van der Waals surface area contributed by atoms with Crippen LogP contribution in [0, 0.1) is 0 Å². The van der Waals surface area contributed by atoms with Crippen molar-refractivity contribution in [2.75, 3.05) is 26.8 Å². The van der Waals surface area contributed by atoms with Crippen LogP contribution in [0.1, 0.15) is 54.4 Å². The second-order valence-electron chi connectivity index (χ2n) is 7.65. The molecule has 1 aliphatic rings. The first-order valence-electron chi connectivity index (χ1n) is 8.76. The standard InChI is InChI=1S/C9H17NO2.C7H12O2.C3H6O3/c1-9(2,3)12-8(11)10-6-4-5-7-10;1-5-6(8)9-7(2,3)4;1-6-3(5)2-4/h4-7H2,1-3H3;5H,1H2,2-4H3;4H,2H2,1H3. The van der Waals surface area contributed by atoms with E-state index < -0.39 is 18.2 Å². The fraction of sp³-hybridized carbons (Fsp3) is 0.737. The lowest BCUT2D eigenvalue weighted by atomic mass is 10.2. The van der Waals surface area contributed by atoms with Crippen LogP contribution in [0.4, 0.5) is 4.79 Å². The summed E-state index contributed by atoms with van der Waals surface area (Å²) in [6.07, 6.45) is 3.21. The van der Waals surface area contributed by atoms with Crippen LogP contribution in [0.25, 0.3) is 0 Å². The van der Waals surface area contributed by atoms with Gasteiger partial charge in [0.25, 0.3) is 0 Å². The van der Waals surface area contributed by atoms with Gasteiger partial charge in [-0.15, -0.1) is 0 Å². The number of carbonyl (C=O) groups excluding carboxylic acids is 3. The zero-order chi connectivity index (χ0) is 21.7. The molecule has 158 valence electrons. The summed E-state index contributed by atoms with van der Waals surface area (Å²) in [5.74, 6) is -0.975. The van der Waals surface area contributed by atoms with E-state index in [0.717, 1.165) is 32.0 Å². The smallest absolute Gasteiger partial charge is 0.410 e. The van der Waals surface area contributed by atoms with Crippen LogP contribution >= 0.6 is 0 Å². The van der Waals surface area contributed by atoms with Crippen LogP contribution in [0.2, 0.25) is 0 Å². The molecule has 0 aromatic carbocycles. The predicted molar refractivity (Wildman–Crippen MR) is 102 cm³/mol. The lowest BCUT2D eigenvalue weighted by Crippen LogP contribution is -2.34. The van der Waals surface area contributed by atoms with Crippen LogP contribution < -0.4 is 0 Å². The molecule has 1 saturated heterocycles. The number of aliphatic hydroxyl groups excluding tert-OH is 1. The highest BCUT2D eigenvalue weighted by Crippen LogP contribution is 2.14. The molecule has 8 heteroatoms. The van der Waals surface area contributed by atoms with Crippen molar-refractivity contribution in [3.8, 4) is 0 Å². The molecule has 1 aliphatic heterocycles. The second-order valence-corrected chi connectivity index (χ2v) is 7.65. The molecule has 0 unspecified atom stereocenters. The molecule has 1 fully saturated rings. The van der Waals surface area contributed by atoms with Gasteiger partial charge < -0.3 is 24.2 Å². The first kappa shape index (κ1) is 27.1. The van der Waals surface area contributed by atoms with Gasteiger partial charge >= 0.3 is 18.0 Å². The Morgan fingerprint density at radius 3 is 1.67 bits per heavy atom. The van der Waals surface area contributed by atoms with Gasteiger partial charge in [-0.25, -0.2) is 14.4 Å². The summed E-state index contributed by atoms with van der Waals surface area (Å²) in [5.41, 5.74) is -0.759. The summed E-state index contributed by atoms with van der Waals surface area (Å²) in [7, 11) is 1.22. The minimum absolute atomic E-state index is 0.167. The highest BCUT2D eigenvalue weighted by molar-refractivity contribution is 5.81. The van der Waals surface area contributed by atoms with Crippen LogP contribution in [0.5, 0.6) is 0 Å². The van der Waals surface area contributed by atoms with E-state index in [9.17, 15) is 14.4 Å². The summed E-state index contributed by atoms with van der Waals surface area (Å²) in [6.45, 7) is 15.6. The lowest BCUT2D eigenvalue weighted by Gasteiger charge is -2.23. The molecule has 1 rings (SSSR count). The van der Waals surface area contributed by atoms with E-state index in [0.29, 0.717) is 0 Å². The van der Waals surface area contributed by atoms with Gasteiger partial charge in [0.2, 0.25) is 0 Å². The van der Waals surface area contributed by atoms with Crippen molar-refractivity contribution < 1.29 is 33.7 Å². The third kappa shape index (κ3) is 18.5. The molecule has 0 aliphatic carbocycles. The first-order valence-corrected chi connectivity index (χ1v) is 8.76. The molecule has 8 nitrogen and oxygen atoms in total. The fourth-order valence-electron chi connectivity index (χ4n) is 1.63. The number of likely N-dealkylation sites (tertiary alicyclic amines) is 1. The quantitative estimate of drug-likeness (QED) is 0.440. The number of amides is 1. The Labute approximate surface area is 162 Å². The maximum atomic E-state index is 11.4. The number of esters is 2. The highest BCUT2D eigenvalue weighted by atomic mass is 16.6. The van der Waals surface area contributed by atoms with Gasteiger partial charge in [0.05, 0.1) is 7.11 Å². The maximum absolute atomic E-state index is 11.4. The van der Waals surface area contributed by atoms with Crippen molar-refractivity contribution in [3.63, 3.8) is 0 Å². The number of carbonyl (C=O) groups is 3. The number of ether oxygens (including phenoxy) is 3. The summed E-state index contributed by atoms with van der Waals surface area (Å²) in [5, 5.41) is 7.86. The van der Waals surface area contributed by atoms with Gasteiger partial charge in [-0.3, -0.25) is 0 Å². The van der Waals surface area contributed by atoms with Crippen molar-refractivity contribution in [2.45, 2.75) is 65.6 Å². The van der Waals surface area contributed by atoms with Crippen LogP contribution in [0.15, 0.2) is 12.7 Å². The minimum Gasteiger partial charge on any atom is -0.467 e. The second kappa shape index (κ2) is 13.1. The highest BCUT2D eigenvalue weighted by Gasteiger charge is 2.23. The lowest BCUT2D eigenvalue weighted by molar-refractivity contribution is -0.148. The van der Waals surface area contributed by atoms with E-state index >= 15 is 0 Å². The molecule has 0 spiro atoms. The van der Waals surface area contributed by atoms with Crippen molar-refractivity contribution in [2.24, 2.45) is 0 Å². The third-order valence-electron chi connectivity index (χ3n) is 2.69.